The van der Waals surface area contributed by atoms with E-state index in [1.54, 1.807) is 11.3 Å². The molecule has 1 atom stereocenters. The van der Waals surface area contributed by atoms with Crippen molar-refractivity contribution >= 4 is 23.2 Å². The summed E-state index contributed by atoms with van der Waals surface area (Å²) in [5.41, 5.74) is 0.665. The molecule has 4 nitrogen and oxygen atoms in total. The zero-order chi connectivity index (χ0) is 16.3. The molecule has 0 N–H and O–H groups in total. The molecule has 1 spiro atoms. The Morgan fingerprint density at radius 3 is 2.87 bits per heavy atom. The molecule has 1 saturated heterocycles. The Bertz CT molecular complexity index is 549. The molecular formula is C18H25NO3S. The minimum absolute atomic E-state index is 0.109. The van der Waals surface area contributed by atoms with Crippen LogP contribution in [0.4, 0.5) is 0 Å². The van der Waals surface area contributed by atoms with Gasteiger partial charge < -0.3 is 9.64 Å². The zero-order valence-corrected chi connectivity index (χ0v) is 14.6. The molecule has 0 aromatic carbocycles. The van der Waals surface area contributed by atoms with Gasteiger partial charge in [0.2, 0.25) is 5.91 Å². The molecule has 1 aromatic heterocycles. The smallest absolute Gasteiger partial charge is 0.307 e. The summed E-state index contributed by atoms with van der Waals surface area (Å²) in [6.45, 7) is 3.53. The molecule has 1 amide bonds. The van der Waals surface area contributed by atoms with Crippen LogP contribution in [0, 0.1) is 5.92 Å². The second kappa shape index (κ2) is 7.04. The van der Waals surface area contributed by atoms with Crippen molar-refractivity contribution in [1.29, 1.82) is 0 Å². The molecule has 5 heteroatoms. The molecule has 1 aliphatic carbocycles. The second-order valence-electron chi connectivity index (χ2n) is 6.75. The highest BCUT2D eigenvalue weighted by Crippen LogP contribution is 2.46. The van der Waals surface area contributed by atoms with Gasteiger partial charge in [-0.05, 0) is 54.5 Å². The first kappa shape index (κ1) is 16.5. The molecule has 0 radical (unpaired) electrons. The highest BCUT2D eigenvalue weighted by molar-refractivity contribution is 7.07. The number of rotatable bonds is 6. The molecule has 1 unspecified atom stereocenters. The topological polar surface area (TPSA) is 46.6 Å². The first-order valence-electron chi connectivity index (χ1n) is 8.66. The van der Waals surface area contributed by atoms with Gasteiger partial charge in [0, 0.05) is 13.1 Å². The van der Waals surface area contributed by atoms with Crippen LogP contribution in [0.25, 0.3) is 0 Å². The maximum absolute atomic E-state index is 13.2. The maximum Gasteiger partial charge on any atom is 0.307 e. The van der Waals surface area contributed by atoms with E-state index in [2.05, 4.69) is 18.4 Å². The Morgan fingerprint density at radius 1 is 1.43 bits per heavy atom. The lowest BCUT2D eigenvalue weighted by atomic mass is 9.84. The van der Waals surface area contributed by atoms with Gasteiger partial charge in [-0.2, -0.15) is 11.3 Å². The van der Waals surface area contributed by atoms with Crippen LogP contribution in [-0.4, -0.2) is 28.9 Å². The molecule has 2 aliphatic rings. The van der Waals surface area contributed by atoms with Gasteiger partial charge in [-0.3, -0.25) is 9.59 Å². The Kier molecular flexibility index (Phi) is 5.05. The predicted molar refractivity (Wildman–Crippen MR) is 90.0 cm³/mol. The lowest BCUT2D eigenvalue weighted by Crippen LogP contribution is -2.45. The van der Waals surface area contributed by atoms with E-state index >= 15 is 0 Å². The molecule has 2 heterocycles. The highest BCUT2D eigenvalue weighted by Gasteiger charge is 2.54. The normalized spacial score (nSPS) is 22.5. The van der Waals surface area contributed by atoms with Gasteiger partial charge in [0.15, 0.2) is 0 Å². The Morgan fingerprint density at radius 2 is 2.22 bits per heavy atom. The monoisotopic (exact) mass is 335 g/mol. The summed E-state index contributed by atoms with van der Waals surface area (Å²) in [7, 11) is 0. The van der Waals surface area contributed by atoms with Crippen LogP contribution < -0.4 is 0 Å². The number of thiophene rings is 1. The molecule has 0 bridgehead atoms. The van der Waals surface area contributed by atoms with Gasteiger partial charge in [0.1, 0.15) is 5.60 Å². The van der Waals surface area contributed by atoms with Crippen molar-refractivity contribution in [2.45, 2.75) is 64.0 Å². The number of hydrogen-bond acceptors (Lipinski definition) is 4. The van der Waals surface area contributed by atoms with Gasteiger partial charge >= 0.3 is 5.97 Å². The standard InChI is InChI=1S/C18H25NO3S/c1-2-3-9-19(12-14-6-10-23-13-14)17(21)15-11-16(20)22-18(15)7-4-5-8-18/h6,10,13,15H,2-5,7-9,11-12H2,1H3. The van der Waals surface area contributed by atoms with Crippen molar-refractivity contribution in [3.63, 3.8) is 0 Å². The zero-order valence-electron chi connectivity index (χ0n) is 13.8. The first-order chi connectivity index (χ1) is 11.1. The van der Waals surface area contributed by atoms with Gasteiger partial charge in [-0.15, -0.1) is 0 Å². The summed E-state index contributed by atoms with van der Waals surface area (Å²) in [6.07, 6.45) is 6.09. The van der Waals surface area contributed by atoms with Crippen LogP contribution in [0.15, 0.2) is 16.8 Å². The fourth-order valence-corrected chi connectivity index (χ4v) is 4.53. The van der Waals surface area contributed by atoms with Crippen molar-refractivity contribution in [1.82, 2.24) is 4.90 Å². The quantitative estimate of drug-likeness (QED) is 0.744. The predicted octanol–water partition coefficient (Wildman–Crippen LogP) is 3.75. The van der Waals surface area contributed by atoms with Gasteiger partial charge in [0.25, 0.3) is 0 Å². The summed E-state index contributed by atoms with van der Waals surface area (Å²) < 4.78 is 5.65. The third-order valence-corrected chi connectivity index (χ3v) is 5.85. The second-order valence-corrected chi connectivity index (χ2v) is 7.53. The van der Waals surface area contributed by atoms with E-state index in [-0.39, 0.29) is 24.2 Å². The number of ether oxygens (including phenoxy) is 1. The highest BCUT2D eigenvalue weighted by atomic mass is 32.1. The average Bonchev–Trinajstić information content (AvgIpc) is 3.26. The minimum Gasteiger partial charge on any atom is -0.458 e. The Hall–Kier alpha value is -1.36. The maximum atomic E-state index is 13.2. The van der Waals surface area contributed by atoms with Crippen molar-refractivity contribution in [2.75, 3.05) is 6.54 Å². The Balaban J connectivity index is 1.77. The summed E-state index contributed by atoms with van der Waals surface area (Å²) in [4.78, 5) is 27.0. The van der Waals surface area contributed by atoms with E-state index in [1.807, 2.05) is 10.3 Å². The molecule has 3 rings (SSSR count). The first-order valence-corrected chi connectivity index (χ1v) is 9.60. The van der Waals surface area contributed by atoms with Crippen LogP contribution >= 0.6 is 11.3 Å². The van der Waals surface area contributed by atoms with E-state index in [0.29, 0.717) is 6.54 Å². The lowest BCUT2D eigenvalue weighted by molar-refractivity contribution is -0.151. The number of esters is 1. The third kappa shape index (κ3) is 3.44. The summed E-state index contributed by atoms with van der Waals surface area (Å²) >= 11 is 1.65. The molecule has 23 heavy (non-hydrogen) atoms. The van der Waals surface area contributed by atoms with Crippen molar-refractivity contribution in [3.8, 4) is 0 Å². The minimum atomic E-state index is -0.507. The van der Waals surface area contributed by atoms with E-state index in [4.69, 9.17) is 4.74 Å². The van der Waals surface area contributed by atoms with Crippen LogP contribution in [0.5, 0.6) is 0 Å². The van der Waals surface area contributed by atoms with Gasteiger partial charge in [-0.1, -0.05) is 13.3 Å². The number of unbranched alkanes of at least 4 members (excludes halogenated alkanes) is 1. The SMILES string of the molecule is CCCCN(Cc1ccsc1)C(=O)C1CC(=O)OC12CCCC2. The fraction of sp³-hybridized carbons (Fsp3) is 0.667. The Labute approximate surface area is 141 Å². The van der Waals surface area contributed by atoms with Crippen LogP contribution in [0.1, 0.15) is 57.4 Å². The number of carbonyl (C=O) groups excluding carboxylic acids is 2. The van der Waals surface area contributed by atoms with E-state index in [0.717, 1.165) is 45.1 Å². The molecular weight excluding hydrogens is 310 g/mol. The van der Waals surface area contributed by atoms with E-state index in [9.17, 15) is 9.59 Å². The van der Waals surface area contributed by atoms with Crippen LogP contribution in [0.2, 0.25) is 0 Å². The van der Waals surface area contributed by atoms with E-state index < -0.39 is 5.60 Å². The number of nitrogens with zero attached hydrogens (tertiary/aromatic N) is 1. The molecule has 1 saturated carbocycles. The summed E-state index contributed by atoms with van der Waals surface area (Å²) in [5, 5.41) is 4.13. The van der Waals surface area contributed by atoms with E-state index in [1.165, 1.54) is 5.56 Å². The molecule has 1 aromatic rings. The summed E-state index contributed by atoms with van der Waals surface area (Å²) in [6, 6.07) is 2.07. The molecule has 1 aliphatic heterocycles. The third-order valence-electron chi connectivity index (χ3n) is 5.12. The molecule has 126 valence electrons. The number of hydrogen-bond donors (Lipinski definition) is 0. The number of carbonyl (C=O) groups is 2. The average molecular weight is 335 g/mol. The number of amides is 1. The summed E-state index contributed by atoms with van der Waals surface area (Å²) in [5.74, 6) is -0.374. The van der Waals surface area contributed by atoms with Crippen molar-refractivity contribution < 1.29 is 14.3 Å². The molecule has 2 fully saturated rings. The van der Waals surface area contributed by atoms with Gasteiger partial charge in [-0.25, -0.2) is 0 Å². The van der Waals surface area contributed by atoms with Crippen LogP contribution in [0.3, 0.4) is 0 Å². The van der Waals surface area contributed by atoms with Gasteiger partial charge in [0.05, 0.1) is 12.3 Å². The van der Waals surface area contributed by atoms with Crippen molar-refractivity contribution in [3.05, 3.63) is 22.4 Å². The van der Waals surface area contributed by atoms with Crippen LogP contribution in [-0.2, 0) is 20.9 Å². The lowest BCUT2D eigenvalue weighted by Gasteiger charge is -2.32. The fourth-order valence-electron chi connectivity index (χ4n) is 3.87. The largest absolute Gasteiger partial charge is 0.458 e. The van der Waals surface area contributed by atoms with Crippen molar-refractivity contribution in [2.24, 2.45) is 5.92 Å².